The Labute approximate surface area is 214 Å². The van der Waals surface area contributed by atoms with Crippen molar-refractivity contribution in [2.24, 2.45) is 0 Å². The maximum Gasteiger partial charge on any atom is 0.251 e. The van der Waals surface area contributed by atoms with Gasteiger partial charge >= 0.3 is 0 Å². The van der Waals surface area contributed by atoms with Crippen LogP contribution in [0.15, 0.2) is 78.4 Å². The van der Waals surface area contributed by atoms with E-state index in [0.717, 1.165) is 37.1 Å². The first-order valence-electron chi connectivity index (χ1n) is 13.4. The molecule has 3 aromatic carbocycles. The monoisotopic (exact) mass is 478 g/mol. The summed E-state index contributed by atoms with van der Waals surface area (Å²) in [5.74, 6) is 0.765. The Balaban J connectivity index is 1.35. The van der Waals surface area contributed by atoms with Crippen LogP contribution in [0.25, 0.3) is 5.57 Å². The van der Waals surface area contributed by atoms with E-state index in [1.807, 2.05) is 19.1 Å². The maximum atomic E-state index is 12.5. The lowest BCUT2D eigenvalue weighted by Gasteiger charge is -2.37. The average Bonchev–Trinajstić information content (AvgIpc) is 3.06. The van der Waals surface area contributed by atoms with Crippen molar-refractivity contribution >= 4 is 11.5 Å². The number of fused-ring (bicyclic) bond motifs is 4. The zero-order chi connectivity index (χ0) is 24.5. The van der Waals surface area contributed by atoms with E-state index < -0.39 is 0 Å². The van der Waals surface area contributed by atoms with Crippen molar-refractivity contribution < 1.29 is 9.53 Å². The molecule has 3 aliphatic rings. The molecule has 1 N–H and O–H groups in total. The van der Waals surface area contributed by atoms with Crippen LogP contribution >= 0.6 is 0 Å². The minimum absolute atomic E-state index is 0.0513. The summed E-state index contributed by atoms with van der Waals surface area (Å²) in [4.78, 5) is 15.3. The molecular formula is C32H34N2O2. The molecule has 1 amide bonds. The molecule has 2 atom stereocenters. The van der Waals surface area contributed by atoms with Crippen molar-refractivity contribution in [1.82, 2.24) is 10.2 Å². The fourth-order valence-corrected chi connectivity index (χ4v) is 6.40. The molecule has 4 heteroatoms. The number of ether oxygens (including phenoxy) is 1. The van der Waals surface area contributed by atoms with Crippen molar-refractivity contribution in [2.45, 2.75) is 57.7 Å². The van der Waals surface area contributed by atoms with E-state index in [0.29, 0.717) is 30.8 Å². The van der Waals surface area contributed by atoms with Crippen LogP contribution in [0.2, 0.25) is 0 Å². The van der Waals surface area contributed by atoms with Crippen molar-refractivity contribution in [2.75, 3.05) is 13.1 Å². The van der Waals surface area contributed by atoms with Crippen LogP contribution in [0.1, 0.15) is 65.2 Å². The molecule has 2 fully saturated rings. The highest BCUT2D eigenvalue weighted by atomic mass is 16.5. The summed E-state index contributed by atoms with van der Waals surface area (Å²) in [6.07, 6.45) is 5.87. The molecule has 184 valence electrons. The molecule has 3 aromatic rings. The fourth-order valence-electron chi connectivity index (χ4n) is 6.40. The molecule has 2 saturated heterocycles. The van der Waals surface area contributed by atoms with E-state index in [4.69, 9.17) is 4.74 Å². The molecule has 36 heavy (non-hydrogen) atoms. The third-order valence-electron chi connectivity index (χ3n) is 8.11. The maximum absolute atomic E-state index is 12.5. The van der Waals surface area contributed by atoms with Gasteiger partial charge < -0.3 is 10.1 Å². The van der Waals surface area contributed by atoms with Crippen LogP contribution < -0.4 is 10.1 Å². The molecule has 0 aliphatic carbocycles. The fraction of sp³-hybridized carbons (Fsp3) is 0.344. The summed E-state index contributed by atoms with van der Waals surface area (Å²) in [7, 11) is 0. The first kappa shape index (κ1) is 23.1. The lowest BCUT2D eigenvalue weighted by molar-refractivity contribution is 0.0955. The molecule has 4 nitrogen and oxygen atoms in total. The normalized spacial score (nSPS) is 20.8. The molecule has 2 bridgehead atoms. The van der Waals surface area contributed by atoms with Crippen LogP contribution in [0.3, 0.4) is 0 Å². The first-order chi connectivity index (χ1) is 17.7. The van der Waals surface area contributed by atoms with Gasteiger partial charge in [-0.25, -0.2) is 0 Å². The van der Waals surface area contributed by atoms with E-state index in [9.17, 15) is 4.79 Å². The highest BCUT2D eigenvalue weighted by Gasteiger charge is 2.39. The molecule has 6 rings (SSSR count). The molecule has 2 unspecified atom stereocenters. The van der Waals surface area contributed by atoms with Gasteiger partial charge in [0, 0.05) is 36.3 Å². The van der Waals surface area contributed by atoms with Gasteiger partial charge in [0.15, 0.2) is 0 Å². The second-order valence-electron chi connectivity index (χ2n) is 10.3. The number of nitrogens with zero attached hydrogens (tertiary/aromatic N) is 1. The zero-order valence-electron chi connectivity index (χ0n) is 21.0. The Morgan fingerprint density at radius 3 is 2.47 bits per heavy atom. The summed E-state index contributed by atoms with van der Waals surface area (Å²) in [5.41, 5.74) is 8.59. The van der Waals surface area contributed by atoms with E-state index >= 15 is 0 Å². The highest BCUT2D eigenvalue weighted by Crippen LogP contribution is 2.46. The molecule has 0 saturated carbocycles. The van der Waals surface area contributed by atoms with Gasteiger partial charge in [-0.3, -0.25) is 9.69 Å². The Morgan fingerprint density at radius 1 is 0.944 bits per heavy atom. The minimum atomic E-state index is -0.0513. The molecule has 0 radical (unpaired) electrons. The number of benzene rings is 3. The van der Waals surface area contributed by atoms with E-state index in [2.05, 4.69) is 70.9 Å². The Morgan fingerprint density at radius 2 is 1.69 bits per heavy atom. The molecule has 3 heterocycles. The van der Waals surface area contributed by atoms with Crippen molar-refractivity contribution in [1.29, 1.82) is 0 Å². The molecule has 0 spiro atoms. The molecule has 0 aromatic heterocycles. The number of hydrogen-bond acceptors (Lipinski definition) is 3. The van der Waals surface area contributed by atoms with E-state index in [1.54, 1.807) is 5.57 Å². The van der Waals surface area contributed by atoms with Crippen molar-refractivity contribution in [3.8, 4) is 5.75 Å². The Hall–Kier alpha value is -3.37. The van der Waals surface area contributed by atoms with Gasteiger partial charge in [-0.1, -0.05) is 60.2 Å². The summed E-state index contributed by atoms with van der Waals surface area (Å²) < 4.78 is 6.32. The smallest absolute Gasteiger partial charge is 0.251 e. The van der Waals surface area contributed by atoms with E-state index in [1.165, 1.54) is 35.1 Å². The summed E-state index contributed by atoms with van der Waals surface area (Å²) in [6.45, 7) is 4.21. The summed E-state index contributed by atoms with van der Waals surface area (Å²) >= 11 is 0. The van der Waals surface area contributed by atoms with Crippen LogP contribution in [-0.4, -0.2) is 36.0 Å². The van der Waals surface area contributed by atoms with Gasteiger partial charge in [-0.15, -0.1) is 0 Å². The Bertz CT molecular complexity index is 1280. The number of carbonyl (C=O) groups excluding carboxylic acids is 1. The van der Waals surface area contributed by atoms with Gasteiger partial charge in [0.05, 0.1) is 0 Å². The first-order valence-corrected chi connectivity index (χ1v) is 13.4. The van der Waals surface area contributed by atoms with Crippen LogP contribution in [0.4, 0.5) is 0 Å². The summed E-state index contributed by atoms with van der Waals surface area (Å²) in [6, 6.07) is 26.7. The quantitative estimate of drug-likeness (QED) is 0.489. The molecular weight excluding hydrogens is 444 g/mol. The Kier molecular flexibility index (Phi) is 6.37. The third kappa shape index (κ3) is 4.35. The second kappa shape index (κ2) is 9.94. The largest absolute Gasteiger partial charge is 0.488 e. The minimum Gasteiger partial charge on any atom is -0.488 e. The van der Waals surface area contributed by atoms with E-state index in [-0.39, 0.29) is 5.91 Å². The van der Waals surface area contributed by atoms with Gasteiger partial charge in [-0.2, -0.15) is 0 Å². The van der Waals surface area contributed by atoms with Crippen molar-refractivity contribution in [3.63, 3.8) is 0 Å². The number of piperidine rings is 1. The van der Waals surface area contributed by atoms with Crippen LogP contribution in [-0.2, 0) is 13.0 Å². The summed E-state index contributed by atoms with van der Waals surface area (Å²) in [5, 5.41) is 2.91. The second-order valence-corrected chi connectivity index (χ2v) is 10.3. The van der Waals surface area contributed by atoms with Gasteiger partial charge in [-0.05, 0) is 79.5 Å². The number of hydrogen-bond donors (Lipinski definition) is 1. The lowest BCUT2D eigenvalue weighted by Crippen LogP contribution is -2.41. The predicted octanol–water partition coefficient (Wildman–Crippen LogP) is 6.00. The number of nitrogens with one attached hydrogen (secondary N) is 1. The predicted molar refractivity (Wildman–Crippen MR) is 144 cm³/mol. The average molecular weight is 479 g/mol. The van der Waals surface area contributed by atoms with Crippen LogP contribution in [0, 0.1) is 0 Å². The molecule has 3 aliphatic heterocycles. The lowest BCUT2D eigenvalue weighted by atomic mass is 9.84. The van der Waals surface area contributed by atoms with Gasteiger partial charge in [0.1, 0.15) is 12.4 Å². The highest BCUT2D eigenvalue weighted by molar-refractivity contribution is 5.96. The van der Waals surface area contributed by atoms with Crippen LogP contribution in [0.5, 0.6) is 5.75 Å². The standard InChI is InChI=1S/C32H34N2O2/c1-2-33-32(35)23-12-15-29-30(20-23)36-21-24-10-6-7-11-28(24)31(29)25-18-26-13-14-27(19-25)34(26)17-16-22-8-4-3-5-9-22/h3-12,15,20,26-27H,2,13-14,16-19,21H2,1H3,(H,33,35). The number of carbonyl (C=O) groups is 1. The van der Waals surface area contributed by atoms with Gasteiger partial charge in [0.2, 0.25) is 0 Å². The van der Waals surface area contributed by atoms with Crippen molar-refractivity contribution in [3.05, 3.63) is 106 Å². The zero-order valence-corrected chi connectivity index (χ0v) is 21.0. The SMILES string of the molecule is CCNC(=O)c1ccc2c(c1)OCc1ccccc1C2=C1CC2CCC(C1)N2CCc1ccccc1. The number of amides is 1. The van der Waals surface area contributed by atoms with Gasteiger partial charge in [0.25, 0.3) is 5.91 Å². The topological polar surface area (TPSA) is 41.6 Å². The third-order valence-corrected chi connectivity index (χ3v) is 8.11. The number of rotatable bonds is 5.